The number of hydrogen-bond donors (Lipinski definition) is 0. The predicted octanol–water partition coefficient (Wildman–Crippen LogP) is 3.05. The lowest BCUT2D eigenvalue weighted by molar-refractivity contribution is -0.952. The Kier molecular flexibility index (Phi) is 3.78. The molecule has 1 fully saturated rings. The standard InChI is InChI=1S/C12H26N/c1-5-12-8-9-13(6-2,7-3)11(4)10-12/h11-12H,5-10H2,1-4H3/q+1. The van der Waals surface area contributed by atoms with Gasteiger partial charge in [0.1, 0.15) is 0 Å². The summed E-state index contributed by atoms with van der Waals surface area (Å²) in [4.78, 5) is 0. The van der Waals surface area contributed by atoms with Gasteiger partial charge in [0.25, 0.3) is 0 Å². The molecule has 1 aliphatic rings. The van der Waals surface area contributed by atoms with Crippen LogP contribution in [-0.2, 0) is 0 Å². The number of hydrogen-bond acceptors (Lipinski definition) is 0. The number of piperidine rings is 1. The highest BCUT2D eigenvalue weighted by Gasteiger charge is 2.36. The van der Waals surface area contributed by atoms with Gasteiger partial charge in [-0.05, 0) is 33.1 Å². The third-order valence-electron chi connectivity index (χ3n) is 4.43. The average Bonchev–Trinajstić information content (AvgIpc) is 2.18. The fraction of sp³-hybridized carbons (Fsp3) is 1.00. The molecular formula is C12H26N+. The molecule has 1 nitrogen and oxygen atoms in total. The Morgan fingerprint density at radius 3 is 2.15 bits per heavy atom. The van der Waals surface area contributed by atoms with Crippen molar-refractivity contribution in [2.75, 3.05) is 19.6 Å². The highest BCUT2D eigenvalue weighted by molar-refractivity contribution is 4.69. The van der Waals surface area contributed by atoms with Gasteiger partial charge in [0, 0.05) is 6.42 Å². The van der Waals surface area contributed by atoms with E-state index in [0.29, 0.717) is 0 Å². The van der Waals surface area contributed by atoms with Crippen LogP contribution in [0.5, 0.6) is 0 Å². The van der Waals surface area contributed by atoms with Crippen LogP contribution in [0.4, 0.5) is 0 Å². The predicted molar refractivity (Wildman–Crippen MR) is 58.7 cm³/mol. The van der Waals surface area contributed by atoms with Crippen molar-refractivity contribution in [3.05, 3.63) is 0 Å². The molecule has 0 aromatic carbocycles. The van der Waals surface area contributed by atoms with Crippen molar-refractivity contribution in [2.45, 2.75) is 53.0 Å². The zero-order valence-electron chi connectivity index (χ0n) is 9.84. The minimum absolute atomic E-state index is 0.897. The van der Waals surface area contributed by atoms with Crippen LogP contribution in [0, 0.1) is 5.92 Å². The summed E-state index contributed by atoms with van der Waals surface area (Å²) < 4.78 is 1.37. The molecule has 0 N–H and O–H groups in total. The highest BCUT2D eigenvalue weighted by atomic mass is 15.4. The molecule has 1 aliphatic heterocycles. The monoisotopic (exact) mass is 184 g/mol. The summed E-state index contributed by atoms with van der Waals surface area (Å²) in [6, 6.07) is 0.897. The molecule has 0 amide bonds. The summed E-state index contributed by atoms with van der Waals surface area (Å²) in [5.74, 6) is 1.01. The van der Waals surface area contributed by atoms with Crippen LogP contribution < -0.4 is 0 Å². The van der Waals surface area contributed by atoms with Crippen LogP contribution in [-0.4, -0.2) is 30.2 Å². The minimum atomic E-state index is 0.897. The second-order valence-electron chi connectivity index (χ2n) is 4.72. The summed E-state index contributed by atoms with van der Waals surface area (Å²) in [5.41, 5.74) is 0. The second kappa shape index (κ2) is 4.45. The van der Waals surface area contributed by atoms with Gasteiger partial charge in [0.15, 0.2) is 0 Å². The molecule has 1 saturated heterocycles. The summed E-state index contributed by atoms with van der Waals surface area (Å²) in [5, 5.41) is 0. The zero-order chi connectivity index (χ0) is 9.90. The van der Waals surface area contributed by atoms with Crippen LogP contribution in [0.3, 0.4) is 0 Å². The quantitative estimate of drug-likeness (QED) is 0.591. The molecule has 0 saturated carbocycles. The van der Waals surface area contributed by atoms with Gasteiger partial charge < -0.3 is 4.48 Å². The average molecular weight is 184 g/mol. The first kappa shape index (κ1) is 11.0. The Balaban J connectivity index is 2.60. The van der Waals surface area contributed by atoms with Gasteiger partial charge in [-0.15, -0.1) is 0 Å². The molecule has 0 aromatic heterocycles. The molecule has 13 heavy (non-hydrogen) atoms. The number of quaternary nitrogens is 1. The molecule has 78 valence electrons. The fourth-order valence-electron chi connectivity index (χ4n) is 3.02. The highest BCUT2D eigenvalue weighted by Crippen LogP contribution is 2.30. The normalized spacial score (nSPS) is 33.2. The Bertz CT molecular complexity index is 149. The Hall–Kier alpha value is -0.0400. The zero-order valence-corrected chi connectivity index (χ0v) is 9.84. The van der Waals surface area contributed by atoms with Gasteiger partial charge in [-0.3, -0.25) is 0 Å². The third kappa shape index (κ3) is 2.07. The Morgan fingerprint density at radius 1 is 1.15 bits per heavy atom. The molecule has 1 heteroatoms. The van der Waals surface area contributed by atoms with E-state index in [1.165, 1.54) is 43.4 Å². The topological polar surface area (TPSA) is 0 Å². The van der Waals surface area contributed by atoms with E-state index in [1.54, 1.807) is 0 Å². The van der Waals surface area contributed by atoms with E-state index >= 15 is 0 Å². The Morgan fingerprint density at radius 2 is 1.77 bits per heavy atom. The maximum Gasteiger partial charge on any atom is 0.0864 e. The number of likely N-dealkylation sites (tertiary alicyclic amines) is 1. The number of rotatable bonds is 3. The number of nitrogens with zero attached hydrogens (tertiary/aromatic N) is 1. The van der Waals surface area contributed by atoms with Gasteiger partial charge in [-0.25, -0.2) is 0 Å². The molecule has 0 spiro atoms. The third-order valence-corrected chi connectivity index (χ3v) is 4.43. The minimum Gasteiger partial charge on any atom is -0.322 e. The van der Waals surface area contributed by atoms with E-state index < -0.39 is 0 Å². The molecule has 1 rings (SSSR count). The van der Waals surface area contributed by atoms with Crippen molar-refractivity contribution in [3.8, 4) is 0 Å². The van der Waals surface area contributed by atoms with E-state index in [1.807, 2.05) is 0 Å². The Labute approximate surface area is 83.7 Å². The van der Waals surface area contributed by atoms with Crippen molar-refractivity contribution in [1.82, 2.24) is 0 Å². The summed E-state index contributed by atoms with van der Waals surface area (Å²) >= 11 is 0. The molecular weight excluding hydrogens is 158 g/mol. The molecule has 0 bridgehead atoms. The molecule has 2 unspecified atom stereocenters. The smallest absolute Gasteiger partial charge is 0.0864 e. The maximum absolute atomic E-state index is 2.45. The maximum atomic E-state index is 2.45. The first-order valence-corrected chi connectivity index (χ1v) is 6.04. The fourth-order valence-corrected chi connectivity index (χ4v) is 3.02. The largest absolute Gasteiger partial charge is 0.322 e. The van der Waals surface area contributed by atoms with Crippen molar-refractivity contribution in [2.24, 2.45) is 5.92 Å². The molecule has 0 radical (unpaired) electrons. The summed E-state index contributed by atoms with van der Waals surface area (Å²) in [7, 11) is 0. The van der Waals surface area contributed by atoms with Gasteiger partial charge in [0.05, 0.1) is 25.7 Å². The van der Waals surface area contributed by atoms with E-state index in [-0.39, 0.29) is 0 Å². The summed E-state index contributed by atoms with van der Waals surface area (Å²) in [6.07, 6.45) is 4.30. The first-order chi connectivity index (χ1) is 6.18. The van der Waals surface area contributed by atoms with Gasteiger partial charge in [-0.2, -0.15) is 0 Å². The van der Waals surface area contributed by atoms with Crippen LogP contribution in [0.2, 0.25) is 0 Å². The molecule has 0 aromatic rings. The first-order valence-electron chi connectivity index (χ1n) is 6.04. The lowest BCUT2D eigenvalue weighted by atomic mass is 9.87. The second-order valence-corrected chi connectivity index (χ2v) is 4.72. The van der Waals surface area contributed by atoms with Gasteiger partial charge >= 0.3 is 0 Å². The van der Waals surface area contributed by atoms with Crippen LogP contribution in [0.25, 0.3) is 0 Å². The van der Waals surface area contributed by atoms with Crippen molar-refractivity contribution >= 4 is 0 Å². The van der Waals surface area contributed by atoms with Gasteiger partial charge in [0.2, 0.25) is 0 Å². The van der Waals surface area contributed by atoms with E-state index in [0.717, 1.165) is 12.0 Å². The lowest BCUT2D eigenvalue weighted by Gasteiger charge is -2.47. The lowest BCUT2D eigenvalue weighted by Crippen LogP contribution is -2.58. The van der Waals surface area contributed by atoms with Crippen molar-refractivity contribution in [1.29, 1.82) is 0 Å². The SMILES string of the molecule is CCC1CC[N+](CC)(CC)C(C)C1. The van der Waals surface area contributed by atoms with Crippen molar-refractivity contribution < 1.29 is 4.48 Å². The molecule has 1 heterocycles. The van der Waals surface area contributed by atoms with Crippen molar-refractivity contribution in [3.63, 3.8) is 0 Å². The summed E-state index contributed by atoms with van der Waals surface area (Å²) in [6.45, 7) is 13.6. The van der Waals surface area contributed by atoms with E-state index in [4.69, 9.17) is 0 Å². The van der Waals surface area contributed by atoms with Gasteiger partial charge in [-0.1, -0.05) is 13.3 Å². The van der Waals surface area contributed by atoms with Crippen LogP contribution in [0.15, 0.2) is 0 Å². The van der Waals surface area contributed by atoms with Crippen LogP contribution >= 0.6 is 0 Å². The van der Waals surface area contributed by atoms with E-state index in [9.17, 15) is 0 Å². The molecule has 0 aliphatic carbocycles. The molecule has 2 atom stereocenters. The van der Waals surface area contributed by atoms with Crippen LogP contribution in [0.1, 0.15) is 47.0 Å². The van der Waals surface area contributed by atoms with E-state index in [2.05, 4.69) is 27.7 Å².